The van der Waals surface area contributed by atoms with E-state index in [9.17, 15) is 0 Å². The highest BCUT2D eigenvalue weighted by Gasteiger charge is 1.85. The third-order valence-corrected chi connectivity index (χ3v) is 0.462. The predicted molar refractivity (Wildman–Crippen MR) is 33.8 cm³/mol. The van der Waals surface area contributed by atoms with Crippen LogP contribution in [0.1, 0.15) is 13.8 Å². The third kappa shape index (κ3) is 5.43. The van der Waals surface area contributed by atoms with Crippen molar-refractivity contribution in [3.05, 3.63) is 0 Å². The number of nitrogens with zero attached hydrogens (tertiary/aromatic N) is 1. The lowest BCUT2D eigenvalue weighted by Crippen LogP contribution is -2.21. The zero-order valence-electron chi connectivity index (χ0n) is 5.51. The molecule has 0 spiro atoms. The highest BCUT2D eigenvalue weighted by atomic mass is 16.6. The molecule has 0 aromatic heterocycles. The Kier molecular flexibility index (Phi) is 4.26. The number of hydroxylamine groups is 1. The minimum absolute atomic E-state index is 0.341. The largest absolute Gasteiger partial charge is 0.397 e. The van der Waals surface area contributed by atoms with Gasteiger partial charge < -0.3 is 4.84 Å². The van der Waals surface area contributed by atoms with Crippen LogP contribution in [0, 0.1) is 0 Å². The predicted octanol–water partition coefficient (Wildman–Crippen LogP) is 0.574. The zero-order valence-corrected chi connectivity index (χ0v) is 5.51. The fraction of sp³-hybridized carbons (Fsp3) is 0.800. The molecule has 0 aliphatic heterocycles. The summed E-state index contributed by atoms with van der Waals surface area (Å²) in [5.74, 6) is 0. The SMILES string of the molecule is C/N=C\ONC(C)C. The van der Waals surface area contributed by atoms with E-state index in [1.807, 2.05) is 13.8 Å². The molecule has 0 fully saturated rings. The van der Waals surface area contributed by atoms with Crippen LogP contribution in [-0.2, 0) is 4.84 Å². The second-order valence-corrected chi connectivity index (χ2v) is 1.75. The Morgan fingerprint density at radius 3 is 2.62 bits per heavy atom. The van der Waals surface area contributed by atoms with Crippen molar-refractivity contribution in [2.45, 2.75) is 19.9 Å². The smallest absolute Gasteiger partial charge is 0.196 e. The average molecular weight is 116 g/mol. The maximum absolute atomic E-state index is 4.70. The van der Waals surface area contributed by atoms with Gasteiger partial charge in [-0.05, 0) is 13.8 Å². The fourth-order valence-electron chi connectivity index (χ4n) is 0.219. The minimum atomic E-state index is 0.341. The standard InChI is InChI=1S/C5H12N2O/c1-5(2)7-8-4-6-3/h4-5,7H,1-3H3/b6-4-. The fourth-order valence-corrected chi connectivity index (χ4v) is 0.219. The normalized spacial score (nSPS) is 11.0. The van der Waals surface area contributed by atoms with Gasteiger partial charge in [-0.2, -0.15) is 5.48 Å². The van der Waals surface area contributed by atoms with Gasteiger partial charge in [0.25, 0.3) is 0 Å². The maximum Gasteiger partial charge on any atom is 0.196 e. The molecule has 0 aliphatic carbocycles. The van der Waals surface area contributed by atoms with Gasteiger partial charge in [-0.15, -0.1) is 0 Å². The van der Waals surface area contributed by atoms with Crippen molar-refractivity contribution >= 4 is 6.40 Å². The van der Waals surface area contributed by atoms with Crippen LogP contribution in [0.3, 0.4) is 0 Å². The Morgan fingerprint density at radius 1 is 1.62 bits per heavy atom. The lowest BCUT2D eigenvalue weighted by atomic mass is 10.4. The number of rotatable bonds is 3. The van der Waals surface area contributed by atoms with E-state index < -0.39 is 0 Å². The highest BCUT2D eigenvalue weighted by Crippen LogP contribution is 1.72. The van der Waals surface area contributed by atoms with E-state index in [2.05, 4.69) is 10.5 Å². The zero-order chi connectivity index (χ0) is 6.41. The Bertz CT molecular complexity index is 70.8. The molecule has 3 nitrogen and oxygen atoms in total. The Balaban J connectivity index is 2.93. The molecule has 0 aliphatic rings. The molecule has 3 heteroatoms. The monoisotopic (exact) mass is 116 g/mol. The lowest BCUT2D eigenvalue weighted by molar-refractivity contribution is 0.165. The quantitative estimate of drug-likeness (QED) is 0.332. The van der Waals surface area contributed by atoms with Crippen LogP contribution in [0.5, 0.6) is 0 Å². The molecule has 0 radical (unpaired) electrons. The van der Waals surface area contributed by atoms with E-state index in [1.54, 1.807) is 7.05 Å². The van der Waals surface area contributed by atoms with E-state index in [0.717, 1.165) is 0 Å². The summed E-state index contributed by atoms with van der Waals surface area (Å²) in [6.45, 7) is 3.98. The van der Waals surface area contributed by atoms with Crippen molar-refractivity contribution in [1.29, 1.82) is 0 Å². The van der Waals surface area contributed by atoms with Crippen LogP contribution < -0.4 is 5.48 Å². The molecular formula is C5H12N2O. The Morgan fingerprint density at radius 2 is 2.25 bits per heavy atom. The Hall–Kier alpha value is -0.570. The van der Waals surface area contributed by atoms with Crippen LogP contribution in [0.25, 0.3) is 0 Å². The highest BCUT2D eigenvalue weighted by molar-refractivity contribution is 5.45. The summed E-state index contributed by atoms with van der Waals surface area (Å²) in [5.41, 5.74) is 2.70. The molecule has 0 rings (SSSR count). The van der Waals surface area contributed by atoms with Crippen LogP contribution in [0.2, 0.25) is 0 Å². The van der Waals surface area contributed by atoms with Gasteiger partial charge in [-0.25, -0.2) is 0 Å². The van der Waals surface area contributed by atoms with Gasteiger partial charge in [-0.1, -0.05) is 0 Å². The summed E-state index contributed by atoms with van der Waals surface area (Å²) in [5, 5.41) is 0. The van der Waals surface area contributed by atoms with Crippen molar-refractivity contribution in [2.24, 2.45) is 4.99 Å². The summed E-state index contributed by atoms with van der Waals surface area (Å²) in [4.78, 5) is 8.30. The van der Waals surface area contributed by atoms with E-state index in [4.69, 9.17) is 4.84 Å². The van der Waals surface area contributed by atoms with Crippen LogP contribution >= 0.6 is 0 Å². The second kappa shape index (κ2) is 4.59. The van der Waals surface area contributed by atoms with Crippen LogP contribution in [-0.4, -0.2) is 19.5 Å². The molecule has 48 valence electrons. The molecular weight excluding hydrogens is 104 g/mol. The topological polar surface area (TPSA) is 33.6 Å². The van der Waals surface area contributed by atoms with Gasteiger partial charge in [0.15, 0.2) is 6.40 Å². The number of nitrogens with one attached hydrogen (secondary N) is 1. The average Bonchev–Trinajstić information content (AvgIpc) is 1.66. The van der Waals surface area contributed by atoms with E-state index in [1.165, 1.54) is 6.40 Å². The molecule has 0 bridgehead atoms. The summed E-state index contributed by atoms with van der Waals surface area (Å²) in [6, 6.07) is 0.341. The number of aliphatic imine (C=N–C) groups is 1. The van der Waals surface area contributed by atoms with Crippen molar-refractivity contribution < 1.29 is 4.84 Å². The summed E-state index contributed by atoms with van der Waals surface area (Å²) < 4.78 is 0. The van der Waals surface area contributed by atoms with Gasteiger partial charge in [0.05, 0.1) is 0 Å². The molecule has 0 unspecified atom stereocenters. The molecule has 0 aromatic rings. The van der Waals surface area contributed by atoms with Gasteiger partial charge in [0.1, 0.15) is 0 Å². The van der Waals surface area contributed by atoms with Gasteiger partial charge in [0, 0.05) is 13.1 Å². The molecule has 1 N–H and O–H groups in total. The van der Waals surface area contributed by atoms with Gasteiger partial charge in [0.2, 0.25) is 0 Å². The molecule has 8 heavy (non-hydrogen) atoms. The molecule has 0 saturated carbocycles. The molecule has 0 amide bonds. The first-order valence-electron chi connectivity index (χ1n) is 2.59. The first-order valence-corrected chi connectivity index (χ1v) is 2.59. The molecule has 0 heterocycles. The summed E-state index contributed by atoms with van der Waals surface area (Å²) in [7, 11) is 1.65. The van der Waals surface area contributed by atoms with Crippen LogP contribution in [0.15, 0.2) is 4.99 Å². The molecule has 0 saturated heterocycles. The first-order chi connectivity index (χ1) is 3.77. The summed E-state index contributed by atoms with van der Waals surface area (Å²) in [6.07, 6.45) is 1.36. The van der Waals surface area contributed by atoms with E-state index in [0.29, 0.717) is 6.04 Å². The molecule has 0 aromatic carbocycles. The minimum Gasteiger partial charge on any atom is -0.397 e. The number of hydrogen-bond donors (Lipinski definition) is 1. The second-order valence-electron chi connectivity index (χ2n) is 1.75. The third-order valence-electron chi connectivity index (χ3n) is 0.462. The van der Waals surface area contributed by atoms with Crippen molar-refractivity contribution in [2.75, 3.05) is 7.05 Å². The van der Waals surface area contributed by atoms with Crippen molar-refractivity contribution in [3.8, 4) is 0 Å². The van der Waals surface area contributed by atoms with E-state index in [-0.39, 0.29) is 0 Å². The Labute approximate surface area is 49.7 Å². The number of hydrogen-bond acceptors (Lipinski definition) is 3. The van der Waals surface area contributed by atoms with Gasteiger partial charge in [-0.3, -0.25) is 4.99 Å². The van der Waals surface area contributed by atoms with E-state index >= 15 is 0 Å². The van der Waals surface area contributed by atoms with Gasteiger partial charge >= 0.3 is 0 Å². The summed E-state index contributed by atoms with van der Waals surface area (Å²) >= 11 is 0. The van der Waals surface area contributed by atoms with Crippen LogP contribution in [0.4, 0.5) is 0 Å². The first kappa shape index (κ1) is 7.43. The lowest BCUT2D eigenvalue weighted by Gasteiger charge is -2.03. The molecule has 0 atom stereocenters. The van der Waals surface area contributed by atoms with Crippen molar-refractivity contribution in [1.82, 2.24) is 5.48 Å². The maximum atomic E-state index is 4.70. The van der Waals surface area contributed by atoms with Crippen molar-refractivity contribution in [3.63, 3.8) is 0 Å².